The summed E-state index contributed by atoms with van der Waals surface area (Å²) in [6.07, 6.45) is 2.70. The first-order valence-corrected chi connectivity index (χ1v) is 10.6. The van der Waals surface area contributed by atoms with Crippen LogP contribution in [0.3, 0.4) is 0 Å². The summed E-state index contributed by atoms with van der Waals surface area (Å²) in [6.45, 7) is 3.07. The number of hydrogen-bond donors (Lipinski definition) is 2. The molecule has 1 aromatic carbocycles. The van der Waals surface area contributed by atoms with Crippen LogP contribution in [0.15, 0.2) is 23.1 Å². The molecule has 1 fully saturated rings. The Morgan fingerprint density at radius 2 is 1.89 bits per heavy atom. The Balaban J connectivity index is 1.75. The van der Waals surface area contributed by atoms with Crippen LogP contribution in [-0.2, 0) is 24.3 Å². The van der Waals surface area contributed by atoms with Crippen molar-refractivity contribution in [2.75, 3.05) is 13.2 Å². The van der Waals surface area contributed by atoms with Gasteiger partial charge in [-0.1, -0.05) is 6.07 Å². The molecule has 1 amide bonds. The van der Waals surface area contributed by atoms with E-state index in [0.717, 1.165) is 24.0 Å². The Hall–Kier alpha value is -2.44. The molecular weight excluding hydrogens is 382 g/mol. The number of amides is 1. The summed E-state index contributed by atoms with van der Waals surface area (Å²) in [4.78, 5) is 23.8. The van der Waals surface area contributed by atoms with E-state index in [2.05, 4.69) is 16.1 Å². The van der Waals surface area contributed by atoms with E-state index < -0.39 is 34.0 Å². The standard InChI is InChI=1S/C19H25N3O5S/c1-14-5-6-16(11-15(14)2)28(25,26)21-10-7-18(24)27-12-17(23)22-19(13-20)8-3-4-9-19/h5-6,11,21H,3-4,7-10,12H2,1-2H3,(H,22,23). The maximum atomic E-state index is 12.2. The Bertz CT molecular complexity index is 883. The van der Waals surface area contributed by atoms with Crippen molar-refractivity contribution >= 4 is 21.9 Å². The summed E-state index contributed by atoms with van der Waals surface area (Å²) in [5.41, 5.74) is 0.966. The predicted octanol–water partition coefficient (Wildman–Crippen LogP) is 1.47. The fraction of sp³-hybridized carbons (Fsp3) is 0.526. The summed E-state index contributed by atoms with van der Waals surface area (Å²) in [6, 6.07) is 6.90. The molecule has 152 valence electrons. The molecule has 2 rings (SSSR count). The van der Waals surface area contributed by atoms with Crippen LogP contribution in [0.25, 0.3) is 0 Å². The first kappa shape index (κ1) is 21.9. The van der Waals surface area contributed by atoms with E-state index in [0.29, 0.717) is 12.8 Å². The number of sulfonamides is 1. The van der Waals surface area contributed by atoms with Crippen LogP contribution in [0.5, 0.6) is 0 Å². The lowest BCUT2D eigenvalue weighted by Gasteiger charge is -2.21. The van der Waals surface area contributed by atoms with E-state index >= 15 is 0 Å². The quantitative estimate of drug-likeness (QED) is 0.629. The molecule has 9 heteroatoms. The molecule has 0 radical (unpaired) electrons. The van der Waals surface area contributed by atoms with Gasteiger partial charge in [0.05, 0.1) is 17.4 Å². The average molecular weight is 407 g/mol. The molecule has 1 aliphatic rings. The van der Waals surface area contributed by atoms with Crippen molar-refractivity contribution in [1.29, 1.82) is 5.26 Å². The largest absolute Gasteiger partial charge is 0.456 e. The second kappa shape index (κ2) is 9.17. The molecule has 0 aromatic heterocycles. The molecular formula is C19H25N3O5S. The molecule has 2 N–H and O–H groups in total. The average Bonchev–Trinajstić information content (AvgIpc) is 3.11. The number of rotatable bonds is 8. The molecule has 0 saturated heterocycles. The number of ether oxygens (including phenoxy) is 1. The third-order valence-electron chi connectivity index (χ3n) is 4.82. The molecule has 1 aromatic rings. The Kier molecular flexibility index (Phi) is 7.16. The van der Waals surface area contributed by atoms with Crippen LogP contribution in [0, 0.1) is 25.2 Å². The third-order valence-corrected chi connectivity index (χ3v) is 6.28. The number of hydrogen-bond acceptors (Lipinski definition) is 6. The van der Waals surface area contributed by atoms with Crippen molar-refractivity contribution in [3.8, 4) is 6.07 Å². The first-order valence-electron chi connectivity index (χ1n) is 9.12. The monoisotopic (exact) mass is 407 g/mol. The Morgan fingerprint density at radius 3 is 2.50 bits per heavy atom. The maximum Gasteiger partial charge on any atom is 0.307 e. The van der Waals surface area contributed by atoms with Crippen molar-refractivity contribution < 1.29 is 22.7 Å². The fourth-order valence-corrected chi connectivity index (χ4v) is 4.13. The Labute approximate surface area is 165 Å². The minimum atomic E-state index is -3.73. The number of carbonyl (C=O) groups is 2. The van der Waals surface area contributed by atoms with Crippen molar-refractivity contribution in [1.82, 2.24) is 10.0 Å². The number of nitriles is 1. The van der Waals surface area contributed by atoms with Gasteiger partial charge >= 0.3 is 5.97 Å². The third kappa shape index (κ3) is 5.78. The van der Waals surface area contributed by atoms with Crippen LogP contribution < -0.4 is 10.0 Å². The number of carbonyl (C=O) groups excluding carboxylic acids is 2. The SMILES string of the molecule is Cc1ccc(S(=O)(=O)NCCC(=O)OCC(=O)NC2(C#N)CCCC2)cc1C. The van der Waals surface area contributed by atoms with E-state index in [1.54, 1.807) is 12.1 Å². The summed E-state index contributed by atoms with van der Waals surface area (Å²) in [5, 5.41) is 11.8. The van der Waals surface area contributed by atoms with Gasteiger partial charge in [-0.15, -0.1) is 0 Å². The highest BCUT2D eigenvalue weighted by atomic mass is 32.2. The molecule has 0 unspecified atom stereocenters. The topological polar surface area (TPSA) is 125 Å². The van der Waals surface area contributed by atoms with Crippen molar-refractivity contribution in [3.63, 3.8) is 0 Å². The van der Waals surface area contributed by atoms with E-state index in [1.165, 1.54) is 6.07 Å². The molecule has 28 heavy (non-hydrogen) atoms. The van der Waals surface area contributed by atoms with Gasteiger partial charge in [0.25, 0.3) is 5.91 Å². The number of aryl methyl sites for hydroxylation is 2. The number of nitrogens with zero attached hydrogens (tertiary/aromatic N) is 1. The number of benzene rings is 1. The van der Waals surface area contributed by atoms with Gasteiger partial charge in [0.1, 0.15) is 5.54 Å². The van der Waals surface area contributed by atoms with E-state index in [9.17, 15) is 23.3 Å². The molecule has 0 atom stereocenters. The van der Waals surface area contributed by atoms with Crippen molar-refractivity contribution in [2.45, 2.75) is 56.4 Å². The second-order valence-electron chi connectivity index (χ2n) is 7.00. The predicted molar refractivity (Wildman–Crippen MR) is 102 cm³/mol. The Morgan fingerprint density at radius 1 is 1.21 bits per heavy atom. The highest BCUT2D eigenvalue weighted by Crippen LogP contribution is 2.28. The van der Waals surface area contributed by atoms with Gasteiger partial charge in [0.2, 0.25) is 10.0 Å². The van der Waals surface area contributed by atoms with Crippen LogP contribution in [0.1, 0.15) is 43.2 Å². The van der Waals surface area contributed by atoms with Crippen molar-refractivity contribution in [2.24, 2.45) is 0 Å². The van der Waals surface area contributed by atoms with Crippen LogP contribution in [0.4, 0.5) is 0 Å². The molecule has 0 spiro atoms. The normalized spacial score (nSPS) is 15.6. The van der Waals surface area contributed by atoms with Gasteiger partial charge in [-0.25, -0.2) is 13.1 Å². The zero-order chi connectivity index (χ0) is 20.8. The first-order chi connectivity index (χ1) is 13.2. The van der Waals surface area contributed by atoms with Crippen LogP contribution in [-0.4, -0.2) is 39.0 Å². The number of esters is 1. The molecule has 8 nitrogen and oxygen atoms in total. The van der Waals surface area contributed by atoms with Crippen LogP contribution in [0.2, 0.25) is 0 Å². The minimum absolute atomic E-state index is 0.127. The highest BCUT2D eigenvalue weighted by Gasteiger charge is 2.35. The summed E-state index contributed by atoms with van der Waals surface area (Å²) in [7, 11) is -3.73. The minimum Gasteiger partial charge on any atom is -0.456 e. The lowest BCUT2D eigenvalue weighted by Crippen LogP contribution is -2.46. The summed E-state index contributed by atoms with van der Waals surface area (Å²) in [5.74, 6) is -1.23. The molecule has 0 heterocycles. The van der Waals surface area contributed by atoms with Crippen LogP contribution >= 0.6 is 0 Å². The van der Waals surface area contributed by atoms with E-state index in [1.807, 2.05) is 13.8 Å². The van der Waals surface area contributed by atoms with Gasteiger partial charge < -0.3 is 10.1 Å². The lowest BCUT2D eigenvalue weighted by atomic mass is 10.00. The molecule has 0 bridgehead atoms. The summed E-state index contributed by atoms with van der Waals surface area (Å²) >= 11 is 0. The lowest BCUT2D eigenvalue weighted by molar-refractivity contribution is -0.148. The zero-order valence-electron chi connectivity index (χ0n) is 16.1. The smallest absolute Gasteiger partial charge is 0.307 e. The van der Waals surface area contributed by atoms with E-state index in [4.69, 9.17) is 4.74 Å². The van der Waals surface area contributed by atoms with Gasteiger partial charge in [-0.2, -0.15) is 5.26 Å². The van der Waals surface area contributed by atoms with E-state index in [-0.39, 0.29) is 17.9 Å². The fourth-order valence-electron chi connectivity index (χ4n) is 3.02. The number of nitrogens with one attached hydrogen (secondary N) is 2. The molecule has 1 aliphatic carbocycles. The van der Waals surface area contributed by atoms with Gasteiger partial charge in [0.15, 0.2) is 6.61 Å². The van der Waals surface area contributed by atoms with Gasteiger partial charge in [0, 0.05) is 6.54 Å². The zero-order valence-corrected chi connectivity index (χ0v) is 16.9. The highest BCUT2D eigenvalue weighted by molar-refractivity contribution is 7.89. The summed E-state index contributed by atoms with van der Waals surface area (Å²) < 4.78 is 31.7. The maximum absolute atomic E-state index is 12.2. The van der Waals surface area contributed by atoms with Gasteiger partial charge in [-0.3, -0.25) is 9.59 Å². The molecule has 0 aliphatic heterocycles. The molecule has 1 saturated carbocycles. The van der Waals surface area contributed by atoms with Crippen molar-refractivity contribution in [3.05, 3.63) is 29.3 Å². The second-order valence-corrected chi connectivity index (χ2v) is 8.77. The van der Waals surface area contributed by atoms with Gasteiger partial charge in [-0.05, 0) is 62.8 Å².